The summed E-state index contributed by atoms with van der Waals surface area (Å²) in [5.41, 5.74) is 3.49. The van der Waals surface area contributed by atoms with Crippen LogP contribution >= 0.6 is 12.6 Å². The van der Waals surface area contributed by atoms with Crippen LogP contribution in [0.1, 0.15) is 16.7 Å². The summed E-state index contributed by atoms with van der Waals surface area (Å²) in [4.78, 5) is 0.981. The van der Waals surface area contributed by atoms with Gasteiger partial charge in [0.2, 0.25) is 0 Å². The molecule has 2 heteroatoms. The second kappa shape index (κ2) is 4.71. The van der Waals surface area contributed by atoms with Crippen LogP contribution in [-0.2, 0) is 6.42 Å². The predicted molar refractivity (Wildman–Crippen MR) is 67.6 cm³/mol. The van der Waals surface area contributed by atoms with E-state index in [4.69, 9.17) is 0 Å². The van der Waals surface area contributed by atoms with Crippen molar-refractivity contribution in [1.82, 2.24) is 0 Å². The molecule has 2 rings (SSSR count). The van der Waals surface area contributed by atoms with Gasteiger partial charge >= 0.3 is 0 Å². The summed E-state index contributed by atoms with van der Waals surface area (Å²) < 4.78 is 12.8. The third-order valence-corrected chi connectivity index (χ3v) is 2.98. The van der Waals surface area contributed by atoms with E-state index >= 15 is 0 Å². The van der Waals surface area contributed by atoms with Crippen molar-refractivity contribution in [1.29, 1.82) is 0 Å². The van der Waals surface area contributed by atoms with Crippen LogP contribution in [0.2, 0.25) is 0 Å². The normalized spacial score (nSPS) is 10.4. The van der Waals surface area contributed by atoms with Gasteiger partial charge in [-0.2, -0.15) is 0 Å². The van der Waals surface area contributed by atoms with Gasteiger partial charge in [-0.05, 0) is 42.7 Å². The van der Waals surface area contributed by atoms with Crippen LogP contribution in [0.25, 0.3) is 0 Å². The van der Waals surface area contributed by atoms with Gasteiger partial charge in [0.25, 0.3) is 0 Å². The minimum Gasteiger partial charge on any atom is -0.207 e. The van der Waals surface area contributed by atoms with Crippen molar-refractivity contribution >= 4 is 12.6 Å². The average molecular weight is 232 g/mol. The van der Waals surface area contributed by atoms with E-state index in [9.17, 15) is 4.39 Å². The molecule has 0 heterocycles. The van der Waals surface area contributed by atoms with Crippen molar-refractivity contribution in [2.45, 2.75) is 18.2 Å². The Balaban J connectivity index is 2.26. The molecule has 0 saturated carbocycles. The molecule has 2 aromatic carbocycles. The Kier molecular flexibility index (Phi) is 3.30. The van der Waals surface area contributed by atoms with Crippen LogP contribution in [0.15, 0.2) is 47.4 Å². The summed E-state index contributed by atoms with van der Waals surface area (Å²) in [6.45, 7) is 2.06. The minimum absolute atomic E-state index is 0.195. The van der Waals surface area contributed by atoms with Crippen molar-refractivity contribution in [3.63, 3.8) is 0 Å². The zero-order valence-corrected chi connectivity index (χ0v) is 9.97. The number of hydrogen-bond acceptors (Lipinski definition) is 1. The Morgan fingerprint density at radius 2 is 1.75 bits per heavy atom. The highest BCUT2D eigenvalue weighted by Gasteiger charge is 2.01. The zero-order valence-electron chi connectivity index (χ0n) is 9.07. The largest absolute Gasteiger partial charge is 0.207 e. The molecule has 0 nitrogen and oxygen atoms in total. The third kappa shape index (κ3) is 2.64. The van der Waals surface area contributed by atoms with Gasteiger partial charge in [0.05, 0.1) is 0 Å². The van der Waals surface area contributed by atoms with Crippen LogP contribution in [0.5, 0.6) is 0 Å². The summed E-state index contributed by atoms with van der Waals surface area (Å²) in [6, 6.07) is 12.8. The second-order valence-electron chi connectivity index (χ2n) is 3.94. The molecule has 0 N–H and O–H groups in total. The summed E-state index contributed by atoms with van der Waals surface area (Å²) in [7, 11) is 0. The molecule has 0 amide bonds. The molecular weight excluding hydrogens is 219 g/mol. The molecule has 0 atom stereocenters. The van der Waals surface area contributed by atoms with Gasteiger partial charge in [-0.15, -0.1) is 12.6 Å². The maximum Gasteiger partial charge on any atom is 0.123 e. The minimum atomic E-state index is -0.195. The molecular formula is C14H13FS. The van der Waals surface area contributed by atoms with E-state index in [1.54, 1.807) is 0 Å². The molecule has 16 heavy (non-hydrogen) atoms. The molecule has 0 aliphatic carbocycles. The number of thiol groups is 1. The molecule has 82 valence electrons. The number of benzene rings is 2. The fraction of sp³-hybridized carbons (Fsp3) is 0.143. The number of hydrogen-bond donors (Lipinski definition) is 1. The molecule has 0 aliphatic heterocycles. The summed E-state index contributed by atoms with van der Waals surface area (Å²) in [5, 5.41) is 0. The van der Waals surface area contributed by atoms with Gasteiger partial charge in [-0.1, -0.05) is 29.8 Å². The molecule has 0 aliphatic rings. The Morgan fingerprint density at radius 1 is 1.06 bits per heavy atom. The van der Waals surface area contributed by atoms with Crippen LogP contribution in [0.3, 0.4) is 0 Å². The van der Waals surface area contributed by atoms with Crippen LogP contribution in [-0.4, -0.2) is 0 Å². The van der Waals surface area contributed by atoms with E-state index in [0.717, 1.165) is 16.9 Å². The standard InChI is InChI=1S/C14H13FS/c1-10-2-7-14(16)12(8-10)9-11-3-5-13(15)6-4-11/h2-8,16H,9H2,1H3. The molecule has 0 saturated heterocycles. The van der Waals surface area contributed by atoms with E-state index in [2.05, 4.69) is 25.6 Å². The summed E-state index contributed by atoms with van der Waals surface area (Å²) in [5.74, 6) is -0.195. The van der Waals surface area contributed by atoms with Crippen molar-refractivity contribution < 1.29 is 4.39 Å². The van der Waals surface area contributed by atoms with E-state index in [1.807, 2.05) is 24.3 Å². The molecule has 0 bridgehead atoms. The molecule has 0 fully saturated rings. The molecule has 0 aromatic heterocycles. The Bertz CT molecular complexity index is 489. The molecule has 2 aromatic rings. The highest BCUT2D eigenvalue weighted by Crippen LogP contribution is 2.19. The summed E-state index contributed by atoms with van der Waals surface area (Å²) in [6.07, 6.45) is 0.792. The second-order valence-corrected chi connectivity index (χ2v) is 4.42. The molecule has 0 radical (unpaired) electrons. The Labute approximate surface area is 101 Å². The predicted octanol–water partition coefficient (Wildman–Crippen LogP) is 4.01. The van der Waals surface area contributed by atoms with Crippen molar-refractivity contribution in [2.75, 3.05) is 0 Å². The van der Waals surface area contributed by atoms with Gasteiger partial charge < -0.3 is 0 Å². The van der Waals surface area contributed by atoms with Crippen LogP contribution in [0, 0.1) is 12.7 Å². The van der Waals surface area contributed by atoms with E-state index < -0.39 is 0 Å². The van der Waals surface area contributed by atoms with Crippen molar-refractivity contribution in [3.8, 4) is 0 Å². The highest BCUT2D eigenvalue weighted by atomic mass is 32.1. The SMILES string of the molecule is Cc1ccc(S)c(Cc2ccc(F)cc2)c1. The lowest BCUT2D eigenvalue weighted by atomic mass is 10.0. The maximum atomic E-state index is 12.8. The van der Waals surface area contributed by atoms with Gasteiger partial charge in [0.15, 0.2) is 0 Å². The van der Waals surface area contributed by atoms with Crippen molar-refractivity contribution in [3.05, 3.63) is 65.0 Å². The smallest absolute Gasteiger partial charge is 0.123 e. The lowest BCUT2D eigenvalue weighted by Gasteiger charge is -2.06. The topological polar surface area (TPSA) is 0 Å². The number of aryl methyl sites for hydroxylation is 1. The van der Waals surface area contributed by atoms with Crippen molar-refractivity contribution in [2.24, 2.45) is 0 Å². The summed E-state index contributed by atoms with van der Waals surface area (Å²) >= 11 is 4.42. The van der Waals surface area contributed by atoms with E-state index in [0.29, 0.717) is 0 Å². The van der Waals surface area contributed by atoms with Gasteiger partial charge in [-0.25, -0.2) is 4.39 Å². The lowest BCUT2D eigenvalue weighted by Crippen LogP contribution is -1.91. The molecule has 0 spiro atoms. The fourth-order valence-electron chi connectivity index (χ4n) is 1.68. The first kappa shape index (κ1) is 11.2. The first-order chi connectivity index (χ1) is 7.65. The average Bonchev–Trinajstić information content (AvgIpc) is 2.27. The maximum absolute atomic E-state index is 12.8. The molecule has 0 unspecified atom stereocenters. The fourth-order valence-corrected chi connectivity index (χ4v) is 1.90. The Morgan fingerprint density at radius 3 is 2.44 bits per heavy atom. The highest BCUT2D eigenvalue weighted by molar-refractivity contribution is 7.80. The number of halogens is 1. The first-order valence-electron chi connectivity index (χ1n) is 5.18. The van der Waals surface area contributed by atoms with Crippen LogP contribution < -0.4 is 0 Å². The lowest BCUT2D eigenvalue weighted by molar-refractivity contribution is 0.627. The zero-order chi connectivity index (χ0) is 11.5. The Hall–Kier alpha value is -1.28. The van der Waals surface area contributed by atoms with E-state index in [1.165, 1.54) is 23.3 Å². The third-order valence-electron chi connectivity index (χ3n) is 2.54. The monoisotopic (exact) mass is 232 g/mol. The van der Waals surface area contributed by atoms with Gasteiger partial charge in [-0.3, -0.25) is 0 Å². The van der Waals surface area contributed by atoms with Gasteiger partial charge in [0, 0.05) is 4.90 Å². The van der Waals surface area contributed by atoms with Crippen LogP contribution in [0.4, 0.5) is 4.39 Å². The van der Waals surface area contributed by atoms with E-state index in [-0.39, 0.29) is 5.82 Å². The quantitative estimate of drug-likeness (QED) is 0.743. The van der Waals surface area contributed by atoms with Gasteiger partial charge in [0.1, 0.15) is 5.82 Å². The first-order valence-corrected chi connectivity index (χ1v) is 5.63. The number of rotatable bonds is 2.